The van der Waals surface area contributed by atoms with E-state index in [0.717, 1.165) is 11.1 Å². The zero-order valence-electron chi connectivity index (χ0n) is 20.1. The number of amides is 1. The predicted molar refractivity (Wildman–Crippen MR) is 138 cm³/mol. The molecular formula is C26H29ClN2O5S. The number of nitrogens with one attached hydrogen (secondary N) is 2. The van der Waals surface area contributed by atoms with E-state index in [1.165, 1.54) is 30.3 Å². The fraction of sp³-hybridized carbons (Fsp3) is 0.269. The third-order valence-electron chi connectivity index (χ3n) is 5.21. The van der Waals surface area contributed by atoms with Crippen LogP contribution < -0.4 is 19.5 Å². The first-order valence-corrected chi connectivity index (χ1v) is 13.1. The molecule has 1 atom stereocenters. The highest BCUT2D eigenvalue weighted by Crippen LogP contribution is 2.31. The summed E-state index contributed by atoms with van der Waals surface area (Å²) in [5.74, 6) is 0.789. The molecule has 9 heteroatoms. The van der Waals surface area contributed by atoms with Gasteiger partial charge in [0.2, 0.25) is 0 Å². The van der Waals surface area contributed by atoms with Gasteiger partial charge in [-0.1, -0.05) is 35.4 Å². The summed E-state index contributed by atoms with van der Waals surface area (Å²) in [6.45, 7) is 8.47. The van der Waals surface area contributed by atoms with Crippen LogP contribution in [0.3, 0.4) is 0 Å². The summed E-state index contributed by atoms with van der Waals surface area (Å²) in [4.78, 5) is 13.1. The zero-order valence-corrected chi connectivity index (χ0v) is 21.7. The first-order valence-electron chi connectivity index (χ1n) is 11.2. The average molecular weight is 517 g/mol. The van der Waals surface area contributed by atoms with Crippen LogP contribution in [0.2, 0.25) is 5.02 Å². The van der Waals surface area contributed by atoms with Crippen LogP contribution in [-0.2, 0) is 10.0 Å². The van der Waals surface area contributed by atoms with Crippen molar-refractivity contribution in [3.63, 3.8) is 0 Å². The van der Waals surface area contributed by atoms with E-state index in [0.29, 0.717) is 24.7 Å². The SMILES string of the molecule is CCOc1ccc([C@H](C)NC(=O)c2cc(NS(=O)(=O)c3ccc(C)cc3)ccc2Cl)cc1OCC. The molecule has 35 heavy (non-hydrogen) atoms. The molecule has 0 unspecified atom stereocenters. The van der Waals surface area contributed by atoms with Gasteiger partial charge in [-0.15, -0.1) is 0 Å². The number of hydrogen-bond acceptors (Lipinski definition) is 5. The molecule has 0 aromatic heterocycles. The van der Waals surface area contributed by atoms with Gasteiger partial charge in [0.25, 0.3) is 15.9 Å². The van der Waals surface area contributed by atoms with Crippen LogP contribution in [-0.4, -0.2) is 27.5 Å². The van der Waals surface area contributed by atoms with Crippen molar-refractivity contribution in [2.45, 2.75) is 38.6 Å². The molecular weight excluding hydrogens is 488 g/mol. The molecule has 0 saturated heterocycles. The van der Waals surface area contributed by atoms with E-state index in [4.69, 9.17) is 21.1 Å². The summed E-state index contributed by atoms with van der Waals surface area (Å²) in [7, 11) is -3.82. The topological polar surface area (TPSA) is 93.7 Å². The van der Waals surface area contributed by atoms with Crippen molar-refractivity contribution in [2.75, 3.05) is 17.9 Å². The van der Waals surface area contributed by atoms with Crippen molar-refractivity contribution in [3.8, 4) is 11.5 Å². The van der Waals surface area contributed by atoms with E-state index in [1.807, 2.05) is 39.8 Å². The van der Waals surface area contributed by atoms with Gasteiger partial charge in [-0.25, -0.2) is 8.42 Å². The van der Waals surface area contributed by atoms with E-state index in [1.54, 1.807) is 18.2 Å². The average Bonchev–Trinajstić information content (AvgIpc) is 2.81. The van der Waals surface area contributed by atoms with Crippen LogP contribution in [0.4, 0.5) is 5.69 Å². The molecule has 3 aromatic carbocycles. The second-order valence-corrected chi connectivity index (χ2v) is 9.97. The fourth-order valence-electron chi connectivity index (χ4n) is 3.39. The van der Waals surface area contributed by atoms with E-state index < -0.39 is 15.9 Å². The molecule has 3 rings (SSSR count). The number of aryl methyl sites for hydroxylation is 1. The Labute approximate surface area is 211 Å². The Morgan fingerprint density at radius 3 is 2.26 bits per heavy atom. The van der Waals surface area contributed by atoms with Crippen molar-refractivity contribution in [3.05, 3.63) is 82.4 Å². The maximum Gasteiger partial charge on any atom is 0.261 e. The molecule has 1 amide bonds. The van der Waals surface area contributed by atoms with Crippen molar-refractivity contribution in [1.82, 2.24) is 5.32 Å². The van der Waals surface area contributed by atoms with E-state index in [-0.39, 0.29) is 27.2 Å². The number of benzene rings is 3. The lowest BCUT2D eigenvalue weighted by molar-refractivity contribution is 0.0940. The van der Waals surface area contributed by atoms with E-state index in [2.05, 4.69) is 10.0 Å². The van der Waals surface area contributed by atoms with Gasteiger partial charge in [0, 0.05) is 5.69 Å². The number of halogens is 1. The first kappa shape index (κ1) is 26.4. The van der Waals surface area contributed by atoms with E-state index in [9.17, 15) is 13.2 Å². The summed E-state index contributed by atoms with van der Waals surface area (Å²) in [6, 6.07) is 16.0. The molecule has 0 fully saturated rings. The quantitative estimate of drug-likeness (QED) is 0.358. The third-order valence-corrected chi connectivity index (χ3v) is 6.94. The highest BCUT2D eigenvalue weighted by molar-refractivity contribution is 7.92. The Morgan fingerprint density at radius 1 is 0.943 bits per heavy atom. The number of carbonyl (C=O) groups excluding carboxylic acids is 1. The van der Waals surface area contributed by atoms with Crippen LogP contribution in [0.15, 0.2) is 65.6 Å². The normalized spacial score (nSPS) is 12.0. The predicted octanol–water partition coefficient (Wildman–Crippen LogP) is 5.74. The summed E-state index contributed by atoms with van der Waals surface area (Å²) in [6.07, 6.45) is 0. The van der Waals surface area contributed by atoms with Gasteiger partial charge in [-0.3, -0.25) is 9.52 Å². The molecule has 0 aliphatic heterocycles. The zero-order chi connectivity index (χ0) is 25.6. The number of ether oxygens (including phenoxy) is 2. The minimum atomic E-state index is -3.82. The molecule has 0 saturated carbocycles. The molecule has 2 N–H and O–H groups in total. The minimum absolute atomic E-state index is 0.123. The van der Waals surface area contributed by atoms with Crippen LogP contribution in [0.25, 0.3) is 0 Å². The van der Waals surface area contributed by atoms with Crippen molar-refractivity contribution >= 4 is 33.2 Å². The van der Waals surface area contributed by atoms with Gasteiger partial charge < -0.3 is 14.8 Å². The third kappa shape index (κ3) is 6.68. The van der Waals surface area contributed by atoms with Gasteiger partial charge in [-0.05, 0) is 75.7 Å². The summed E-state index contributed by atoms with van der Waals surface area (Å²) < 4.78 is 39.2. The Hall–Kier alpha value is -3.23. The second kappa shape index (κ2) is 11.5. The molecule has 0 aliphatic carbocycles. The lowest BCUT2D eigenvalue weighted by Gasteiger charge is -2.18. The Balaban J connectivity index is 1.79. The van der Waals surface area contributed by atoms with Gasteiger partial charge >= 0.3 is 0 Å². The molecule has 0 bridgehead atoms. The minimum Gasteiger partial charge on any atom is -0.490 e. The van der Waals surface area contributed by atoms with Gasteiger partial charge in [0.1, 0.15) is 0 Å². The largest absolute Gasteiger partial charge is 0.490 e. The van der Waals surface area contributed by atoms with Crippen LogP contribution in [0.5, 0.6) is 11.5 Å². The van der Waals surface area contributed by atoms with Gasteiger partial charge in [0.15, 0.2) is 11.5 Å². The summed E-state index contributed by atoms with van der Waals surface area (Å²) in [5.41, 5.74) is 2.15. The Morgan fingerprint density at radius 2 is 1.60 bits per heavy atom. The molecule has 0 heterocycles. The van der Waals surface area contributed by atoms with Crippen molar-refractivity contribution < 1.29 is 22.7 Å². The van der Waals surface area contributed by atoms with Crippen molar-refractivity contribution in [1.29, 1.82) is 0 Å². The van der Waals surface area contributed by atoms with Crippen LogP contribution in [0, 0.1) is 6.92 Å². The first-order chi connectivity index (χ1) is 16.6. The molecule has 186 valence electrons. The van der Waals surface area contributed by atoms with Crippen LogP contribution >= 0.6 is 11.6 Å². The number of hydrogen-bond donors (Lipinski definition) is 2. The molecule has 0 aliphatic rings. The van der Waals surface area contributed by atoms with Gasteiger partial charge in [-0.2, -0.15) is 0 Å². The van der Waals surface area contributed by atoms with E-state index >= 15 is 0 Å². The molecule has 7 nitrogen and oxygen atoms in total. The standard InChI is InChI=1S/C26H29ClN2O5S/c1-5-33-24-14-9-19(15-25(24)34-6-2)18(4)28-26(30)22-16-20(10-13-23(22)27)29-35(31,32)21-11-7-17(3)8-12-21/h7-16,18,29H,5-6H2,1-4H3,(H,28,30)/t18-/m0/s1. The van der Waals surface area contributed by atoms with Crippen molar-refractivity contribution in [2.24, 2.45) is 0 Å². The Bertz CT molecular complexity index is 1290. The lowest BCUT2D eigenvalue weighted by Crippen LogP contribution is -2.27. The monoisotopic (exact) mass is 516 g/mol. The number of carbonyl (C=O) groups is 1. The molecule has 0 spiro atoms. The lowest BCUT2D eigenvalue weighted by atomic mass is 10.1. The molecule has 0 radical (unpaired) electrons. The Kier molecular flexibility index (Phi) is 8.64. The highest BCUT2D eigenvalue weighted by Gasteiger charge is 2.19. The maximum absolute atomic E-state index is 13.0. The van der Waals surface area contributed by atoms with Crippen LogP contribution in [0.1, 0.15) is 48.3 Å². The number of anilines is 1. The summed E-state index contributed by atoms with van der Waals surface area (Å²) >= 11 is 6.27. The maximum atomic E-state index is 13.0. The highest BCUT2D eigenvalue weighted by atomic mass is 35.5. The fourth-order valence-corrected chi connectivity index (χ4v) is 4.64. The smallest absolute Gasteiger partial charge is 0.261 e. The summed E-state index contributed by atoms with van der Waals surface area (Å²) in [5, 5.41) is 3.11. The number of sulfonamides is 1. The second-order valence-electron chi connectivity index (χ2n) is 7.88. The van der Waals surface area contributed by atoms with Gasteiger partial charge in [0.05, 0.1) is 34.7 Å². The molecule has 3 aromatic rings. The number of rotatable bonds is 10.